The lowest BCUT2D eigenvalue weighted by Gasteiger charge is -2.33. The van der Waals surface area contributed by atoms with Crippen LogP contribution in [-0.4, -0.2) is 32.2 Å². The van der Waals surface area contributed by atoms with Gasteiger partial charge in [-0.1, -0.05) is 25.5 Å². The van der Waals surface area contributed by atoms with Crippen LogP contribution in [-0.2, 0) is 0 Å². The summed E-state index contributed by atoms with van der Waals surface area (Å²) in [6.45, 7) is 8.15. The number of allylic oxidation sites excluding steroid dienone is 3. The van der Waals surface area contributed by atoms with Crippen molar-refractivity contribution in [1.82, 2.24) is 0 Å². The van der Waals surface area contributed by atoms with Gasteiger partial charge in [-0.25, -0.2) is 0 Å². The highest BCUT2D eigenvalue weighted by atomic mass is 15.3. The van der Waals surface area contributed by atoms with E-state index in [1.165, 1.54) is 19.3 Å². The number of likely N-dealkylation sites (N-methyl/N-ethyl adjacent to an activating group) is 1. The van der Waals surface area contributed by atoms with Crippen LogP contribution >= 0.6 is 0 Å². The molecule has 0 saturated heterocycles. The van der Waals surface area contributed by atoms with Crippen molar-refractivity contribution in [3.63, 3.8) is 0 Å². The zero-order valence-electron chi connectivity index (χ0n) is 11.9. The van der Waals surface area contributed by atoms with Crippen molar-refractivity contribution in [1.29, 1.82) is 0 Å². The van der Waals surface area contributed by atoms with Crippen molar-refractivity contribution in [2.24, 2.45) is 5.41 Å². The first-order chi connectivity index (χ1) is 7.22. The molecule has 1 heteroatoms. The standard InChI is InChI=1S/C15H28N/c1-13-9-7-11-15(2,3)14(13)10-8-12-16(4,5)6/h8,10H,7,9,11-12H2,1-6H3/q+1. The Morgan fingerprint density at radius 1 is 1.25 bits per heavy atom. The van der Waals surface area contributed by atoms with Gasteiger partial charge in [-0.2, -0.15) is 0 Å². The number of hydrogen-bond acceptors (Lipinski definition) is 0. The topological polar surface area (TPSA) is 0 Å². The van der Waals surface area contributed by atoms with Crippen LogP contribution in [0, 0.1) is 5.41 Å². The largest absolute Gasteiger partial charge is 0.328 e. The molecular formula is C15H28N+. The Balaban J connectivity index is 2.78. The Labute approximate surface area is 101 Å². The van der Waals surface area contributed by atoms with Gasteiger partial charge in [-0.3, -0.25) is 0 Å². The first kappa shape index (κ1) is 13.5. The number of hydrogen-bond donors (Lipinski definition) is 0. The van der Waals surface area contributed by atoms with Crippen molar-refractivity contribution in [3.05, 3.63) is 23.3 Å². The second-order valence-corrected chi connectivity index (χ2v) is 6.81. The molecule has 0 atom stereocenters. The molecule has 0 aliphatic heterocycles. The predicted molar refractivity (Wildman–Crippen MR) is 72.4 cm³/mol. The summed E-state index contributed by atoms with van der Waals surface area (Å²) in [5.74, 6) is 0. The molecule has 0 spiro atoms. The fourth-order valence-electron chi connectivity index (χ4n) is 2.50. The van der Waals surface area contributed by atoms with E-state index in [0.717, 1.165) is 11.0 Å². The van der Waals surface area contributed by atoms with Crippen LogP contribution in [0.25, 0.3) is 0 Å². The van der Waals surface area contributed by atoms with Gasteiger partial charge in [0.25, 0.3) is 0 Å². The summed E-state index contributed by atoms with van der Waals surface area (Å²) >= 11 is 0. The Morgan fingerprint density at radius 2 is 1.88 bits per heavy atom. The molecule has 0 radical (unpaired) electrons. The molecule has 0 unspecified atom stereocenters. The quantitative estimate of drug-likeness (QED) is 0.638. The number of nitrogens with zero attached hydrogens (tertiary/aromatic N) is 1. The second kappa shape index (κ2) is 4.75. The molecule has 1 aliphatic carbocycles. The highest BCUT2D eigenvalue weighted by Gasteiger charge is 2.26. The molecule has 0 aromatic carbocycles. The maximum absolute atomic E-state index is 2.38. The van der Waals surface area contributed by atoms with Crippen LogP contribution in [0.15, 0.2) is 23.3 Å². The van der Waals surface area contributed by atoms with Crippen LogP contribution in [0.5, 0.6) is 0 Å². The van der Waals surface area contributed by atoms with Gasteiger partial charge < -0.3 is 4.48 Å². The third-order valence-electron chi connectivity index (χ3n) is 3.48. The van der Waals surface area contributed by atoms with E-state index in [9.17, 15) is 0 Å². The molecule has 0 saturated carbocycles. The van der Waals surface area contributed by atoms with E-state index in [1.807, 2.05) is 0 Å². The Kier molecular flexibility index (Phi) is 4.01. The highest BCUT2D eigenvalue weighted by Crippen LogP contribution is 2.40. The summed E-state index contributed by atoms with van der Waals surface area (Å²) in [6, 6.07) is 0. The second-order valence-electron chi connectivity index (χ2n) is 6.81. The minimum absolute atomic E-state index is 0.379. The highest BCUT2D eigenvalue weighted by molar-refractivity contribution is 5.32. The molecule has 0 amide bonds. The van der Waals surface area contributed by atoms with E-state index in [2.05, 4.69) is 54.1 Å². The molecule has 1 aliphatic rings. The van der Waals surface area contributed by atoms with E-state index in [4.69, 9.17) is 0 Å². The van der Waals surface area contributed by atoms with E-state index in [-0.39, 0.29) is 0 Å². The maximum atomic E-state index is 2.38. The van der Waals surface area contributed by atoms with Crippen LogP contribution in [0.3, 0.4) is 0 Å². The van der Waals surface area contributed by atoms with Crippen LogP contribution in [0.1, 0.15) is 40.0 Å². The van der Waals surface area contributed by atoms with Crippen molar-refractivity contribution in [3.8, 4) is 0 Å². The van der Waals surface area contributed by atoms with E-state index in [0.29, 0.717) is 5.41 Å². The van der Waals surface area contributed by atoms with E-state index < -0.39 is 0 Å². The zero-order chi connectivity index (χ0) is 12.4. The first-order valence-corrected chi connectivity index (χ1v) is 6.40. The Morgan fingerprint density at radius 3 is 2.38 bits per heavy atom. The third-order valence-corrected chi connectivity index (χ3v) is 3.48. The van der Waals surface area contributed by atoms with Crippen molar-refractivity contribution < 1.29 is 4.48 Å². The summed E-state index contributed by atoms with van der Waals surface area (Å²) in [6.07, 6.45) is 8.68. The molecule has 0 fully saturated rings. The lowest BCUT2D eigenvalue weighted by molar-refractivity contribution is -0.864. The monoisotopic (exact) mass is 222 g/mol. The lowest BCUT2D eigenvalue weighted by atomic mass is 9.72. The molecule has 0 aromatic rings. The summed E-state index contributed by atoms with van der Waals surface area (Å²) in [5.41, 5.74) is 3.55. The van der Waals surface area contributed by atoms with Gasteiger partial charge in [0.2, 0.25) is 0 Å². The van der Waals surface area contributed by atoms with E-state index >= 15 is 0 Å². The molecule has 92 valence electrons. The van der Waals surface area contributed by atoms with Gasteiger partial charge in [0.05, 0.1) is 27.7 Å². The lowest BCUT2D eigenvalue weighted by Crippen LogP contribution is -2.34. The molecule has 0 aromatic heterocycles. The summed E-state index contributed by atoms with van der Waals surface area (Å²) < 4.78 is 1.00. The molecular weight excluding hydrogens is 194 g/mol. The normalized spacial score (nSPS) is 21.9. The molecule has 1 nitrogen and oxygen atoms in total. The van der Waals surface area contributed by atoms with Gasteiger partial charge in [-0.15, -0.1) is 0 Å². The van der Waals surface area contributed by atoms with Gasteiger partial charge in [-0.05, 0) is 43.3 Å². The van der Waals surface area contributed by atoms with Gasteiger partial charge in [0.1, 0.15) is 0 Å². The minimum atomic E-state index is 0.379. The molecule has 16 heavy (non-hydrogen) atoms. The third kappa shape index (κ3) is 3.79. The number of quaternary nitrogens is 1. The Hall–Kier alpha value is -0.560. The van der Waals surface area contributed by atoms with E-state index in [1.54, 1.807) is 11.1 Å². The van der Waals surface area contributed by atoms with Crippen LogP contribution in [0.2, 0.25) is 0 Å². The van der Waals surface area contributed by atoms with Crippen molar-refractivity contribution >= 4 is 0 Å². The van der Waals surface area contributed by atoms with Crippen LogP contribution in [0.4, 0.5) is 0 Å². The smallest absolute Gasteiger partial charge is 0.0970 e. The average molecular weight is 222 g/mol. The van der Waals surface area contributed by atoms with Crippen molar-refractivity contribution in [2.75, 3.05) is 27.7 Å². The van der Waals surface area contributed by atoms with Gasteiger partial charge in [0.15, 0.2) is 0 Å². The predicted octanol–water partition coefficient (Wildman–Crippen LogP) is 3.78. The summed E-state index contributed by atoms with van der Waals surface area (Å²) in [4.78, 5) is 0. The first-order valence-electron chi connectivity index (χ1n) is 6.40. The summed E-state index contributed by atoms with van der Waals surface area (Å²) in [5, 5.41) is 0. The van der Waals surface area contributed by atoms with Crippen LogP contribution < -0.4 is 0 Å². The zero-order valence-corrected chi connectivity index (χ0v) is 11.9. The van der Waals surface area contributed by atoms with Crippen molar-refractivity contribution in [2.45, 2.75) is 40.0 Å². The molecule has 0 N–H and O–H groups in total. The fraction of sp³-hybridized carbons (Fsp3) is 0.733. The maximum Gasteiger partial charge on any atom is 0.0970 e. The molecule has 1 rings (SSSR count). The molecule has 0 bridgehead atoms. The SMILES string of the molecule is CC1=C(C=CC[N+](C)(C)C)C(C)(C)CCC1. The molecule has 0 heterocycles. The van der Waals surface area contributed by atoms with Gasteiger partial charge in [0, 0.05) is 0 Å². The summed E-state index contributed by atoms with van der Waals surface area (Å²) in [7, 11) is 6.70. The minimum Gasteiger partial charge on any atom is -0.328 e. The van der Waals surface area contributed by atoms with Gasteiger partial charge >= 0.3 is 0 Å². The average Bonchev–Trinajstić information content (AvgIpc) is 2.07. The fourth-order valence-corrected chi connectivity index (χ4v) is 2.50. The number of rotatable bonds is 3. The Bertz CT molecular complexity index is 300.